The average Bonchev–Trinajstić information content (AvgIpc) is 2.53. The maximum atomic E-state index is 12.2. The molecule has 0 aliphatic rings. The number of ether oxygens (including phenoxy) is 1. The molecule has 0 radical (unpaired) electrons. The highest BCUT2D eigenvalue weighted by Gasteiger charge is 2.13. The van der Waals surface area contributed by atoms with Gasteiger partial charge in [-0.15, -0.1) is 0 Å². The molecule has 23 heavy (non-hydrogen) atoms. The largest absolute Gasteiger partial charge is 0.383 e. The van der Waals surface area contributed by atoms with E-state index in [1.165, 1.54) is 7.11 Å². The third-order valence-electron chi connectivity index (χ3n) is 2.92. The highest BCUT2D eigenvalue weighted by molar-refractivity contribution is 7.89. The van der Waals surface area contributed by atoms with E-state index >= 15 is 0 Å². The molecule has 1 rings (SSSR count). The van der Waals surface area contributed by atoms with Gasteiger partial charge in [0.25, 0.3) is 0 Å². The maximum absolute atomic E-state index is 12.2. The van der Waals surface area contributed by atoms with Crippen molar-refractivity contribution in [1.29, 1.82) is 0 Å². The van der Waals surface area contributed by atoms with Crippen molar-refractivity contribution in [2.45, 2.75) is 25.3 Å². The topological polar surface area (TPSA) is 91.8 Å². The van der Waals surface area contributed by atoms with Crippen LogP contribution < -0.4 is 15.4 Å². The van der Waals surface area contributed by atoms with Crippen molar-refractivity contribution in [1.82, 2.24) is 15.4 Å². The lowest BCUT2D eigenvalue weighted by molar-refractivity contribution is 0.204. The molecule has 0 spiro atoms. The monoisotopic (exact) mass is 342 g/mol. The summed E-state index contributed by atoms with van der Waals surface area (Å²) in [6, 6.07) is 6.77. The lowest BCUT2D eigenvalue weighted by atomic mass is 10.2. The summed E-state index contributed by atoms with van der Waals surface area (Å²) in [6.45, 7) is 6.49. The third kappa shape index (κ3) is 6.98. The van der Waals surface area contributed by atoms with Gasteiger partial charge in [0.05, 0.1) is 18.0 Å². The Morgan fingerprint density at radius 1 is 1.22 bits per heavy atom. The summed E-state index contributed by atoms with van der Waals surface area (Å²) in [5.74, 6) is 0.710. The van der Waals surface area contributed by atoms with E-state index in [2.05, 4.69) is 20.3 Å². The van der Waals surface area contributed by atoms with Crippen LogP contribution >= 0.6 is 0 Å². The number of rotatable bonds is 9. The molecule has 1 aromatic rings. The second kappa shape index (κ2) is 10.2. The van der Waals surface area contributed by atoms with Gasteiger partial charge in [0, 0.05) is 26.7 Å². The standard InChI is InChI=1S/C15H26N4O3S/c1-4-16-15(17-5-2)18-12-13-7-6-8-14(11-13)23(20,21)19-9-10-22-3/h6-8,11,19H,4-5,9-10,12H2,1-3H3,(H2,16,17,18). The minimum absolute atomic E-state index is 0.231. The molecule has 0 aliphatic heterocycles. The molecule has 0 atom stereocenters. The molecule has 7 nitrogen and oxygen atoms in total. The first kappa shape index (κ1) is 19.4. The van der Waals surface area contributed by atoms with E-state index in [9.17, 15) is 8.42 Å². The summed E-state index contributed by atoms with van der Waals surface area (Å²) >= 11 is 0. The number of benzene rings is 1. The van der Waals surface area contributed by atoms with Gasteiger partial charge in [-0.2, -0.15) is 0 Å². The quantitative estimate of drug-likeness (QED) is 0.349. The van der Waals surface area contributed by atoms with Crippen LogP contribution in [-0.2, 0) is 21.3 Å². The zero-order valence-corrected chi connectivity index (χ0v) is 14.7. The normalized spacial score (nSPS) is 11.1. The summed E-state index contributed by atoms with van der Waals surface area (Å²) in [4.78, 5) is 4.66. The van der Waals surface area contributed by atoms with Crippen molar-refractivity contribution < 1.29 is 13.2 Å². The number of hydrogen-bond donors (Lipinski definition) is 3. The molecule has 0 aromatic heterocycles. The maximum Gasteiger partial charge on any atom is 0.240 e. The van der Waals surface area contributed by atoms with Crippen molar-refractivity contribution in [3.63, 3.8) is 0 Å². The summed E-state index contributed by atoms with van der Waals surface area (Å²) in [5, 5.41) is 6.25. The first-order chi connectivity index (χ1) is 11.0. The molecule has 0 fully saturated rings. The van der Waals surface area contributed by atoms with Gasteiger partial charge in [-0.05, 0) is 31.5 Å². The van der Waals surface area contributed by atoms with Crippen LogP contribution in [0.4, 0.5) is 0 Å². The lowest BCUT2D eigenvalue weighted by Crippen LogP contribution is -2.36. The van der Waals surface area contributed by atoms with Gasteiger partial charge in [0.2, 0.25) is 10.0 Å². The van der Waals surface area contributed by atoms with Gasteiger partial charge in [0.15, 0.2) is 5.96 Å². The fourth-order valence-corrected chi connectivity index (χ4v) is 2.93. The molecule has 0 saturated heterocycles. The predicted molar refractivity (Wildman–Crippen MR) is 92.0 cm³/mol. The van der Waals surface area contributed by atoms with Crippen molar-refractivity contribution in [3.8, 4) is 0 Å². The Morgan fingerprint density at radius 2 is 1.91 bits per heavy atom. The van der Waals surface area contributed by atoms with Crippen LogP contribution in [-0.4, -0.2) is 47.7 Å². The van der Waals surface area contributed by atoms with Crippen LogP contribution in [0, 0.1) is 0 Å². The molecule has 3 N–H and O–H groups in total. The molecule has 0 unspecified atom stereocenters. The van der Waals surface area contributed by atoms with Crippen LogP contribution in [0.15, 0.2) is 34.2 Å². The van der Waals surface area contributed by atoms with Crippen LogP contribution in [0.25, 0.3) is 0 Å². The molecule has 1 aromatic carbocycles. The molecule has 0 saturated carbocycles. The van der Waals surface area contributed by atoms with Gasteiger partial charge in [-0.25, -0.2) is 18.1 Å². The molecular formula is C15H26N4O3S. The van der Waals surface area contributed by atoms with E-state index in [-0.39, 0.29) is 11.4 Å². The summed E-state index contributed by atoms with van der Waals surface area (Å²) in [5.41, 5.74) is 0.827. The summed E-state index contributed by atoms with van der Waals surface area (Å²) in [7, 11) is -2.00. The van der Waals surface area contributed by atoms with Gasteiger partial charge in [-0.1, -0.05) is 12.1 Å². The number of methoxy groups -OCH3 is 1. The van der Waals surface area contributed by atoms with E-state index in [0.29, 0.717) is 19.1 Å². The van der Waals surface area contributed by atoms with E-state index in [1.54, 1.807) is 18.2 Å². The van der Waals surface area contributed by atoms with Gasteiger partial charge < -0.3 is 15.4 Å². The molecule has 0 amide bonds. The number of guanidine groups is 1. The van der Waals surface area contributed by atoms with Gasteiger partial charge >= 0.3 is 0 Å². The predicted octanol–water partition coefficient (Wildman–Crippen LogP) is 0.686. The van der Waals surface area contributed by atoms with E-state index in [0.717, 1.165) is 18.7 Å². The second-order valence-electron chi connectivity index (χ2n) is 4.76. The van der Waals surface area contributed by atoms with Crippen molar-refractivity contribution in [2.75, 3.05) is 33.4 Å². The molecule has 130 valence electrons. The third-order valence-corrected chi connectivity index (χ3v) is 4.37. The summed E-state index contributed by atoms with van der Waals surface area (Å²) in [6.07, 6.45) is 0. The van der Waals surface area contributed by atoms with Gasteiger partial charge in [-0.3, -0.25) is 0 Å². The zero-order chi connectivity index (χ0) is 17.1. The first-order valence-electron chi connectivity index (χ1n) is 7.63. The number of nitrogens with zero attached hydrogens (tertiary/aromatic N) is 1. The van der Waals surface area contributed by atoms with E-state index in [4.69, 9.17) is 4.74 Å². The Kier molecular flexibility index (Phi) is 8.60. The lowest BCUT2D eigenvalue weighted by Gasteiger charge is -2.10. The smallest absolute Gasteiger partial charge is 0.240 e. The Balaban J connectivity index is 2.81. The minimum atomic E-state index is -3.52. The number of aliphatic imine (C=N–C) groups is 1. The zero-order valence-electron chi connectivity index (χ0n) is 13.9. The molecule has 8 heteroatoms. The van der Waals surface area contributed by atoms with E-state index in [1.807, 2.05) is 19.9 Å². The SMILES string of the molecule is CCNC(=NCc1cccc(S(=O)(=O)NCCOC)c1)NCC. The molecular weight excluding hydrogens is 316 g/mol. The van der Waals surface area contributed by atoms with Crippen LogP contribution in [0.3, 0.4) is 0 Å². The fraction of sp³-hybridized carbons (Fsp3) is 0.533. The van der Waals surface area contributed by atoms with Crippen molar-refractivity contribution in [3.05, 3.63) is 29.8 Å². The van der Waals surface area contributed by atoms with Crippen LogP contribution in [0.5, 0.6) is 0 Å². The minimum Gasteiger partial charge on any atom is -0.383 e. The molecule has 0 heterocycles. The first-order valence-corrected chi connectivity index (χ1v) is 9.11. The highest BCUT2D eigenvalue weighted by Crippen LogP contribution is 2.12. The van der Waals surface area contributed by atoms with Crippen molar-refractivity contribution in [2.24, 2.45) is 4.99 Å². The van der Waals surface area contributed by atoms with E-state index < -0.39 is 10.0 Å². The number of sulfonamides is 1. The van der Waals surface area contributed by atoms with Crippen LogP contribution in [0.1, 0.15) is 19.4 Å². The number of nitrogens with one attached hydrogen (secondary N) is 3. The Morgan fingerprint density at radius 3 is 2.52 bits per heavy atom. The average molecular weight is 342 g/mol. The van der Waals surface area contributed by atoms with Crippen molar-refractivity contribution >= 4 is 16.0 Å². The molecule has 0 aliphatic carbocycles. The van der Waals surface area contributed by atoms with Crippen LogP contribution in [0.2, 0.25) is 0 Å². The second-order valence-corrected chi connectivity index (χ2v) is 6.53. The highest BCUT2D eigenvalue weighted by atomic mass is 32.2. The molecule has 0 bridgehead atoms. The Hall–Kier alpha value is -1.64. The number of hydrogen-bond acceptors (Lipinski definition) is 4. The van der Waals surface area contributed by atoms with Gasteiger partial charge in [0.1, 0.15) is 0 Å². The fourth-order valence-electron chi connectivity index (χ4n) is 1.85. The summed E-state index contributed by atoms with van der Waals surface area (Å²) < 4.78 is 31.7. The Labute approximate surface area is 138 Å². The Bertz CT molecular complexity index is 594.